The Bertz CT molecular complexity index is 524. The van der Waals surface area contributed by atoms with Crippen molar-refractivity contribution in [2.45, 2.75) is 56.3 Å². The number of esters is 1. The minimum Gasteiger partial charge on any atom is -0.465 e. The highest BCUT2D eigenvalue weighted by Crippen LogP contribution is 2.54. The van der Waals surface area contributed by atoms with E-state index >= 15 is 0 Å². The molecule has 0 amide bonds. The van der Waals surface area contributed by atoms with Crippen LogP contribution in [0, 0.1) is 0 Å². The lowest BCUT2D eigenvalue weighted by Gasteiger charge is -2.52. The molecule has 0 unspecified atom stereocenters. The zero-order chi connectivity index (χ0) is 17.6. The van der Waals surface area contributed by atoms with Crippen LogP contribution in [-0.2, 0) is 14.3 Å². The zero-order valence-corrected chi connectivity index (χ0v) is 17.2. The number of ether oxygens (including phenoxy) is 2. The van der Waals surface area contributed by atoms with Crippen LogP contribution in [0.15, 0.2) is 30.3 Å². The van der Waals surface area contributed by atoms with Crippen LogP contribution < -0.4 is 0 Å². The van der Waals surface area contributed by atoms with Gasteiger partial charge in [-0.15, -0.1) is 11.8 Å². The van der Waals surface area contributed by atoms with Crippen molar-refractivity contribution >= 4 is 25.8 Å². The summed E-state index contributed by atoms with van der Waals surface area (Å²) in [6.45, 7) is 9.74. The fourth-order valence-corrected chi connectivity index (χ4v) is 12.4. The highest BCUT2D eigenvalue weighted by atomic mass is 32.2. The molecular formula is C19H30O3SSi. The van der Waals surface area contributed by atoms with Gasteiger partial charge in [0, 0.05) is 5.75 Å². The van der Waals surface area contributed by atoms with Crippen molar-refractivity contribution in [3.05, 3.63) is 35.9 Å². The van der Waals surface area contributed by atoms with Crippen molar-refractivity contribution in [1.29, 1.82) is 0 Å². The van der Waals surface area contributed by atoms with E-state index in [1.165, 1.54) is 0 Å². The number of hydrogen-bond donors (Lipinski definition) is 0. The van der Waals surface area contributed by atoms with Gasteiger partial charge in [-0.3, -0.25) is 4.79 Å². The Morgan fingerprint density at radius 2 is 1.83 bits per heavy atom. The Balaban J connectivity index is 2.63. The van der Waals surface area contributed by atoms with Gasteiger partial charge in [-0.25, -0.2) is 0 Å². The summed E-state index contributed by atoms with van der Waals surface area (Å²) in [5.41, 5.74) is 1.10. The number of thioether (sulfide) groups is 1. The summed E-state index contributed by atoms with van der Waals surface area (Å²) in [6, 6.07) is 13.4. The molecule has 1 aromatic carbocycles. The van der Waals surface area contributed by atoms with Gasteiger partial charge in [0.1, 0.15) is 10.5 Å². The molecule has 2 rings (SSSR count). The first-order valence-corrected chi connectivity index (χ1v) is 12.7. The first-order valence-electron chi connectivity index (χ1n) is 9.09. The second-order valence-corrected chi connectivity index (χ2v) is 13.5. The summed E-state index contributed by atoms with van der Waals surface area (Å²) in [7, 11) is -1.95. The van der Waals surface area contributed by atoms with E-state index in [1.807, 2.05) is 25.1 Å². The highest BCUT2D eigenvalue weighted by Gasteiger charge is 2.63. The smallest absolute Gasteiger partial charge is 0.322 e. The number of carbonyl (C=O) groups is 1. The Morgan fingerprint density at radius 3 is 2.38 bits per heavy atom. The predicted octanol–water partition coefficient (Wildman–Crippen LogP) is 4.84. The molecule has 0 radical (unpaired) electrons. The van der Waals surface area contributed by atoms with Crippen molar-refractivity contribution in [1.82, 2.24) is 0 Å². The fourth-order valence-electron chi connectivity index (χ4n) is 4.11. The van der Waals surface area contributed by atoms with E-state index in [-0.39, 0.29) is 12.1 Å². The highest BCUT2D eigenvalue weighted by molar-refractivity contribution is 8.03. The van der Waals surface area contributed by atoms with Crippen molar-refractivity contribution < 1.29 is 14.3 Å². The molecule has 5 heteroatoms. The third kappa shape index (κ3) is 3.18. The number of hydrogen-bond acceptors (Lipinski definition) is 4. The maximum atomic E-state index is 13.3. The van der Waals surface area contributed by atoms with Crippen LogP contribution in [0.5, 0.6) is 0 Å². The topological polar surface area (TPSA) is 35.5 Å². The molecule has 1 fully saturated rings. The first kappa shape index (κ1) is 19.5. The van der Waals surface area contributed by atoms with Crippen molar-refractivity contribution in [2.75, 3.05) is 19.0 Å². The average molecular weight is 367 g/mol. The van der Waals surface area contributed by atoms with Crippen molar-refractivity contribution in [3.63, 3.8) is 0 Å². The fraction of sp³-hybridized carbons (Fsp3) is 0.632. The van der Waals surface area contributed by atoms with Gasteiger partial charge >= 0.3 is 5.97 Å². The predicted molar refractivity (Wildman–Crippen MR) is 104 cm³/mol. The molecule has 1 aliphatic heterocycles. The molecule has 0 bridgehead atoms. The molecule has 1 aliphatic rings. The molecule has 0 N–H and O–H groups in total. The van der Waals surface area contributed by atoms with Gasteiger partial charge in [0.2, 0.25) is 0 Å². The summed E-state index contributed by atoms with van der Waals surface area (Å²) < 4.78 is 11.4. The summed E-state index contributed by atoms with van der Waals surface area (Å²) in [4.78, 5) is 13.3. The minimum atomic E-state index is -1.95. The SMILES string of the molecule is CCOC(=O)[C@]1([Si](CC)(CC)CC)SCCO[C@H]1c1ccccc1. The Kier molecular flexibility index (Phi) is 6.95. The molecular weight excluding hydrogens is 336 g/mol. The quantitative estimate of drug-likeness (QED) is 0.511. The molecule has 24 heavy (non-hydrogen) atoms. The summed E-state index contributed by atoms with van der Waals surface area (Å²) in [5.74, 6) is 0.803. The lowest BCUT2D eigenvalue weighted by atomic mass is 10.1. The third-order valence-corrected chi connectivity index (χ3v) is 14.6. The molecule has 0 saturated carbocycles. The molecule has 3 nitrogen and oxygen atoms in total. The maximum absolute atomic E-state index is 13.3. The van der Waals surface area contributed by atoms with Crippen molar-refractivity contribution in [2.24, 2.45) is 0 Å². The standard InChI is InChI=1S/C19H30O3SSi/c1-5-21-18(20)19(24(6-2,7-3)8-4)17(22-14-15-23-19)16-12-10-9-11-13-16/h9-13,17H,5-8,14-15H2,1-4H3/t17-,19-/m0/s1. The van der Waals surface area contributed by atoms with Crippen LogP contribution in [0.25, 0.3) is 0 Å². The second-order valence-electron chi connectivity index (χ2n) is 6.31. The van der Waals surface area contributed by atoms with E-state index in [0.29, 0.717) is 13.2 Å². The molecule has 0 aliphatic carbocycles. The van der Waals surface area contributed by atoms with E-state index in [4.69, 9.17) is 9.47 Å². The maximum Gasteiger partial charge on any atom is 0.322 e. The monoisotopic (exact) mass is 366 g/mol. The Morgan fingerprint density at radius 1 is 1.21 bits per heavy atom. The van der Waals surface area contributed by atoms with Gasteiger partial charge in [-0.2, -0.15) is 0 Å². The third-order valence-electron chi connectivity index (χ3n) is 5.57. The lowest BCUT2D eigenvalue weighted by molar-refractivity contribution is -0.148. The second kappa shape index (κ2) is 8.54. The van der Waals surface area contributed by atoms with Crippen LogP contribution in [-0.4, -0.2) is 37.4 Å². The van der Waals surface area contributed by atoms with Crippen LogP contribution >= 0.6 is 11.8 Å². The molecule has 0 aromatic heterocycles. The summed E-state index contributed by atoms with van der Waals surface area (Å²) in [6.07, 6.45) is -0.206. The van der Waals surface area contributed by atoms with Gasteiger partial charge in [-0.1, -0.05) is 69.2 Å². The van der Waals surface area contributed by atoms with Gasteiger partial charge in [0.25, 0.3) is 0 Å². The molecule has 0 spiro atoms. The minimum absolute atomic E-state index is 0.0548. The summed E-state index contributed by atoms with van der Waals surface area (Å²) in [5, 5.41) is 0. The van der Waals surface area contributed by atoms with Gasteiger partial charge in [0.15, 0.2) is 0 Å². The van der Waals surface area contributed by atoms with Gasteiger partial charge < -0.3 is 9.47 Å². The first-order chi connectivity index (χ1) is 11.6. The molecule has 1 saturated heterocycles. The van der Waals surface area contributed by atoms with Gasteiger partial charge in [0.05, 0.1) is 21.3 Å². The van der Waals surface area contributed by atoms with Crippen LogP contribution in [0.1, 0.15) is 39.4 Å². The molecule has 1 heterocycles. The van der Waals surface area contributed by atoms with Crippen molar-refractivity contribution in [3.8, 4) is 0 Å². The van der Waals surface area contributed by atoms with Crippen LogP contribution in [0.4, 0.5) is 0 Å². The zero-order valence-electron chi connectivity index (χ0n) is 15.3. The van der Waals surface area contributed by atoms with Crippen LogP contribution in [0.3, 0.4) is 0 Å². The van der Waals surface area contributed by atoms with Gasteiger partial charge in [-0.05, 0) is 12.5 Å². The number of carbonyl (C=O) groups excluding carboxylic acids is 1. The summed E-state index contributed by atoms with van der Waals surface area (Å²) >= 11 is 1.80. The molecule has 1 aromatic rings. The van der Waals surface area contributed by atoms with E-state index in [0.717, 1.165) is 29.4 Å². The normalized spacial score (nSPS) is 24.6. The number of benzene rings is 1. The van der Waals surface area contributed by atoms with Crippen LogP contribution in [0.2, 0.25) is 18.1 Å². The van der Waals surface area contributed by atoms with E-state index in [1.54, 1.807) is 11.8 Å². The molecule has 2 atom stereocenters. The van der Waals surface area contributed by atoms with E-state index < -0.39 is 12.4 Å². The largest absolute Gasteiger partial charge is 0.465 e. The lowest BCUT2D eigenvalue weighted by Crippen LogP contribution is -2.65. The molecule has 134 valence electrons. The average Bonchev–Trinajstić information content (AvgIpc) is 2.64. The van der Waals surface area contributed by atoms with E-state index in [9.17, 15) is 4.79 Å². The Labute approximate surface area is 151 Å². The Hall–Kier alpha value is -0.783. The van der Waals surface area contributed by atoms with E-state index in [2.05, 4.69) is 32.9 Å². The number of rotatable bonds is 7.